The third-order valence-electron chi connectivity index (χ3n) is 10.5. The van der Waals surface area contributed by atoms with Gasteiger partial charge in [-0.1, -0.05) is 102 Å². The molecule has 1 aliphatic carbocycles. The Labute approximate surface area is 271 Å². The van der Waals surface area contributed by atoms with Gasteiger partial charge in [-0.15, -0.1) is 0 Å². The molecule has 4 unspecified atom stereocenters. The Bertz CT molecular complexity index is 1290. The molecular formula is C39H61O4P. The molecule has 2 aliphatic rings. The number of hydrogen-bond donors (Lipinski definition) is 0. The van der Waals surface area contributed by atoms with Crippen LogP contribution in [0.4, 0.5) is 0 Å². The minimum Gasteiger partial charge on any atom is -0.497 e. The highest BCUT2D eigenvalue weighted by molar-refractivity contribution is 7.42. The largest absolute Gasteiger partial charge is 0.497 e. The van der Waals surface area contributed by atoms with Crippen LogP contribution >= 0.6 is 8.60 Å². The van der Waals surface area contributed by atoms with Gasteiger partial charge in [-0.2, -0.15) is 0 Å². The van der Waals surface area contributed by atoms with Crippen molar-refractivity contribution in [2.45, 2.75) is 139 Å². The van der Waals surface area contributed by atoms with Crippen molar-refractivity contribution in [3.8, 4) is 17.2 Å². The number of hydrogen-bond acceptors (Lipinski definition) is 4. The molecule has 1 heterocycles. The number of fused-ring (bicyclic) bond motifs is 3. The SMILES string of the molecule is CCC(C)(C)CC1CC2OP(Oc3ccc(OC)cc3)Oc3c(C(C)(C)C)cc(C(C)(C)C)c(C)c3[C@H]2[C@H](C)C1C(C)(C)C. The number of methoxy groups -OCH3 is 1. The number of ether oxygens (including phenoxy) is 1. The molecule has 4 nitrogen and oxygen atoms in total. The van der Waals surface area contributed by atoms with E-state index in [9.17, 15) is 0 Å². The molecule has 0 aromatic heterocycles. The van der Waals surface area contributed by atoms with Crippen molar-refractivity contribution in [2.24, 2.45) is 28.6 Å². The van der Waals surface area contributed by atoms with Crippen LogP contribution < -0.4 is 13.8 Å². The van der Waals surface area contributed by atoms with Crippen LogP contribution in [-0.4, -0.2) is 13.2 Å². The third kappa shape index (κ3) is 7.28. The molecule has 0 spiro atoms. The van der Waals surface area contributed by atoms with Crippen LogP contribution in [0.25, 0.3) is 0 Å². The first-order valence-electron chi connectivity index (χ1n) is 16.8. The van der Waals surface area contributed by atoms with E-state index < -0.39 is 8.60 Å². The van der Waals surface area contributed by atoms with Crippen molar-refractivity contribution >= 4 is 8.60 Å². The van der Waals surface area contributed by atoms with E-state index >= 15 is 0 Å². The van der Waals surface area contributed by atoms with E-state index in [-0.39, 0.29) is 33.7 Å². The lowest BCUT2D eigenvalue weighted by Crippen LogP contribution is -2.47. The van der Waals surface area contributed by atoms with Gasteiger partial charge in [0.1, 0.15) is 17.2 Å². The third-order valence-corrected chi connectivity index (χ3v) is 11.6. The molecule has 2 aromatic carbocycles. The van der Waals surface area contributed by atoms with Crippen molar-refractivity contribution in [1.29, 1.82) is 0 Å². The van der Waals surface area contributed by atoms with Crippen molar-refractivity contribution < 1.29 is 18.3 Å². The molecule has 1 saturated carbocycles. The van der Waals surface area contributed by atoms with Gasteiger partial charge in [-0.25, -0.2) is 0 Å². The molecule has 0 radical (unpaired) electrons. The molecule has 6 atom stereocenters. The van der Waals surface area contributed by atoms with Gasteiger partial charge in [0.05, 0.1) is 13.2 Å². The van der Waals surface area contributed by atoms with E-state index in [1.807, 2.05) is 24.3 Å². The van der Waals surface area contributed by atoms with E-state index in [1.54, 1.807) is 7.11 Å². The summed E-state index contributed by atoms with van der Waals surface area (Å²) >= 11 is 0. The minimum absolute atomic E-state index is 0.00111. The van der Waals surface area contributed by atoms with Crippen molar-refractivity contribution in [3.63, 3.8) is 0 Å². The molecule has 0 amide bonds. The van der Waals surface area contributed by atoms with E-state index in [1.165, 1.54) is 35.1 Å². The zero-order chi connectivity index (χ0) is 33.0. The van der Waals surface area contributed by atoms with Gasteiger partial charge in [0, 0.05) is 17.0 Å². The molecule has 1 aliphatic heterocycles. The molecular weight excluding hydrogens is 563 g/mol. The van der Waals surface area contributed by atoms with Crippen LogP contribution in [0.3, 0.4) is 0 Å². The Morgan fingerprint density at radius 1 is 0.864 bits per heavy atom. The van der Waals surface area contributed by atoms with E-state index in [0.717, 1.165) is 23.7 Å². The quantitative estimate of drug-likeness (QED) is 0.300. The smallest absolute Gasteiger partial charge is 0.463 e. The summed E-state index contributed by atoms with van der Waals surface area (Å²) in [4.78, 5) is 0. The van der Waals surface area contributed by atoms with Gasteiger partial charge in [0.2, 0.25) is 0 Å². The van der Waals surface area contributed by atoms with Crippen molar-refractivity contribution in [3.05, 3.63) is 52.6 Å². The monoisotopic (exact) mass is 624 g/mol. The summed E-state index contributed by atoms with van der Waals surface area (Å²) in [7, 11) is -0.00760. The molecule has 5 heteroatoms. The van der Waals surface area contributed by atoms with Crippen LogP contribution in [0.15, 0.2) is 30.3 Å². The van der Waals surface area contributed by atoms with Crippen LogP contribution in [0, 0.1) is 35.5 Å². The average Bonchev–Trinajstić information content (AvgIpc) is 3.04. The molecule has 4 rings (SSSR count). The Morgan fingerprint density at radius 3 is 1.93 bits per heavy atom. The van der Waals surface area contributed by atoms with Crippen molar-refractivity contribution in [1.82, 2.24) is 0 Å². The van der Waals surface area contributed by atoms with Gasteiger partial charge >= 0.3 is 8.60 Å². The summed E-state index contributed by atoms with van der Waals surface area (Å²) in [5, 5.41) is 0. The maximum atomic E-state index is 7.11. The van der Waals surface area contributed by atoms with Crippen molar-refractivity contribution in [2.75, 3.05) is 7.11 Å². The minimum atomic E-state index is -1.69. The van der Waals surface area contributed by atoms with Crippen LogP contribution in [0.2, 0.25) is 0 Å². The molecule has 0 bridgehead atoms. The molecule has 44 heavy (non-hydrogen) atoms. The first-order chi connectivity index (χ1) is 20.2. The summed E-state index contributed by atoms with van der Waals surface area (Å²) in [5.41, 5.74) is 5.68. The summed E-state index contributed by atoms with van der Waals surface area (Å²) in [6.07, 6.45) is 3.39. The molecule has 2 aromatic rings. The van der Waals surface area contributed by atoms with Gasteiger partial charge < -0.3 is 13.8 Å². The topological polar surface area (TPSA) is 36.9 Å². The van der Waals surface area contributed by atoms with E-state index in [2.05, 4.69) is 103 Å². The van der Waals surface area contributed by atoms with E-state index in [4.69, 9.17) is 18.3 Å². The second kappa shape index (κ2) is 12.4. The number of benzene rings is 2. The normalized spacial score (nSPS) is 26.2. The van der Waals surface area contributed by atoms with Crippen LogP contribution in [0.1, 0.15) is 137 Å². The van der Waals surface area contributed by atoms with Crippen LogP contribution in [-0.2, 0) is 15.4 Å². The Morgan fingerprint density at radius 2 is 1.43 bits per heavy atom. The van der Waals surface area contributed by atoms with Gasteiger partial charge in [-0.3, -0.25) is 4.52 Å². The van der Waals surface area contributed by atoms with Gasteiger partial charge in [-0.05, 0) is 94.6 Å². The number of rotatable bonds is 6. The Balaban J connectivity index is 1.95. The first kappa shape index (κ1) is 35.1. The summed E-state index contributed by atoms with van der Waals surface area (Å²) < 4.78 is 26.1. The fraction of sp³-hybridized carbons (Fsp3) is 0.692. The zero-order valence-electron chi connectivity index (χ0n) is 30.5. The molecule has 246 valence electrons. The Hall–Kier alpha value is -1.77. The maximum absolute atomic E-state index is 7.11. The highest BCUT2D eigenvalue weighted by Gasteiger charge is 2.53. The standard InChI is InChI=1S/C39H61O4P/c1-16-39(13,14)23-26-21-31-32(25(3)34(26)38(10,11)12)33-24(2)29(36(4,5)6)22-30(37(7,8)9)35(33)43-44(42-31)41-28-19-17-27(40-15)18-20-28/h17-20,22,25-26,31-32,34H,16,21,23H2,1-15H3/t25-,26?,31?,32-,34?,44?/m0/s1. The molecule has 0 N–H and O–H groups in total. The highest BCUT2D eigenvalue weighted by atomic mass is 31.2. The second-order valence-corrected chi connectivity index (χ2v) is 18.6. The maximum Gasteiger partial charge on any atom is 0.463 e. The van der Waals surface area contributed by atoms with Gasteiger partial charge in [0.25, 0.3) is 0 Å². The lowest BCUT2D eigenvalue weighted by molar-refractivity contribution is -0.0372. The summed E-state index contributed by atoms with van der Waals surface area (Å²) in [5.74, 6) is 4.24. The fourth-order valence-corrected chi connectivity index (χ4v) is 9.49. The van der Waals surface area contributed by atoms with E-state index in [0.29, 0.717) is 17.8 Å². The van der Waals surface area contributed by atoms with Gasteiger partial charge in [0.15, 0.2) is 0 Å². The fourth-order valence-electron chi connectivity index (χ4n) is 8.28. The first-order valence-corrected chi connectivity index (χ1v) is 17.9. The predicted octanol–water partition coefficient (Wildman–Crippen LogP) is 11.9. The average molecular weight is 625 g/mol. The molecule has 0 saturated heterocycles. The predicted molar refractivity (Wildman–Crippen MR) is 186 cm³/mol. The lowest BCUT2D eigenvalue weighted by Gasteiger charge is -2.52. The Kier molecular flexibility index (Phi) is 9.92. The van der Waals surface area contributed by atoms with Crippen LogP contribution in [0.5, 0.6) is 17.2 Å². The summed E-state index contributed by atoms with van der Waals surface area (Å²) in [6, 6.07) is 10.2. The molecule has 1 fully saturated rings. The lowest BCUT2D eigenvalue weighted by atomic mass is 9.53. The highest BCUT2D eigenvalue weighted by Crippen LogP contribution is 2.62. The summed E-state index contributed by atoms with van der Waals surface area (Å²) in [6.45, 7) is 33.3. The second-order valence-electron chi connectivity index (χ2n) is 17.6. The zero-order valence-corrected chi connectivity index (χ0v) is 31.4.